The van der Waals surface area contributed by atoms with Crippen molar-refractivity contribution >= 4 is 39.5 Å². The largest absolute Gasteiger partial charge is 0.298 e. The Morgan fingerprint density at radius 1 is 1.29 bits per heavy atom. The zero-order valence-corrected chi connectivity index (χ0v) is 9.03. The fourth-order valence-electron chi connectivity index (χ4n) is 0.911. The molecule has 0 aromatic heterocycles. The molecule has 0 spiro atoms. The lowest BCUT2D eigenvalue weighted by Crippen LogP contribution is -2.14. The first-order valence-corrected chi connectivity index (χ1v) is 5.63. The third kappa shape index (κ3) is 2.24. The van der Waals surface area contributed by atoms with Gasteiger partial charge in [0.05, 0.1) is 15.5 Å². The van der Waals surface area contributed by atoms with Crippen molar-refractivity contribution in [3.8, 4) is 0 Å². The molecule has 0 bridgehead atoms. The predicted molar refractivity (Wildman–Crippen MR) is 53.2 cm³/mol. The lowest BCUT2D eigenvalue weighted by Gasteiger charge is -2.04. The fourth-order valence-corrected chi connectivity index (χ4v) is 2.33. The maximum absolute atomic E-state index is 11.0. The maximum atomic E-state index is 11.0. The van der Waals surface area contributed by atoms with Gasteiger partial charge in [-0.1, -0.05) is 23.2 Å². The van der Waals surface area contributed by atoms with Gasteiger partial charge in [-0.2, -0.15) is 0 Å². The van der Waals surface area contributed by atoms with Crippen molar-refractivity contribution in [2.45, 2.75) is 4.90 Å². The molecule has 0 saturated carbocycles. The van der Waals surface area contributed by atoms with Gasteiger partial charge in [0.25, 0.3) is 0 Å². The van der Waals surface area contributed by atoms with Gasteiger partial charge in [-0.3, -0.25) is 4.79 Å². The quantitative estimate of drug-likeness (QED) is 0.811. The monoisotopic (exact) mass is 253 g/mol. The van der Waals surface area contributed by atoms with E-state index in [0.29, 0.717) is 6.29 Å². The van der Waals surface area contributed by atoms with E-state index in [4.69, 9.17) is 28.3 Å². The first kappa shape index (κ1) is 11.5. The summed E-state index contributed by atoms with van der Waals surface area (Å²) in [5, 5.41) is 4.92. The number of primary sulfonamides is 1. The van der Waals surface area contributed by atoms with Gasteiger partial charge in [-0.15, -0.1) is 0 Å². The number of sulfonamides is 1. The average molecular weight is 254 g/mol. The first-order valence-electron chi connectivity index (χ1n) is 3.33. The molecular weight excluding hydrogens is 249 g/mol. The Bertz CT molecular complexity index is 484. The van der Waals surface area contributed by atoms with E-state index in [9.17, 15) is 13.2 Å². The molecule has 4 nitrogen and oxygen atoms in total. The van der Waals surface area contributed by atoms with Crippen molar-refractivity contribution in [2.24, 2.45) is 5.14 Å². The Hall–Kier alpha value is -0.620. The standard InChI is InChI=1S/C7H5Cl2NO3S/c8-4-1-6(9)5(3-11)7(2-4)14(10,12)13/h1-3H,(H2,10,12,13). The summed E-state index contributed by atoms with van der Waals surface area (Å²) >= 11 is 11.2. The minimum atomic E-state index is -3.99. The van der Waals surface area contributed by atoms with Crippen LogP contribution in [0.4, 0.5) is 0 Å². The highest BCUT2D eigenvalue weighted by atomic mass is 35.5. The molecule has 0 fully saturated rings. The fraction of sp³-hybridized carbons (Fsp3) is 0. The molecule has 7 heteroatoms. The molecule has 0 heterocycles. The summed E-state index contributed by atoms with van der Waals surface area (Å²) in [5.41, 5.74) is -0.182. The number of carbonyl (C=O) groups is 1. The van der Waals surface area contributed by atoms with Gasteiger partial charge in [-0.05, 0) is 12.1 Å². The van der Waals surface area contributed by atoms with Crippen LogP contribution in [0.1, 0.15) is 10.4 Å². The number of hydrogen-bond donors (Lipinski definition) is 1. The van der Waals surface area contributed by atoms with Gasteiger partial charge < -0.3 is 0 Å². The maximum Gasteiger partial charge on any atom is 0.238 e. The molecular formula is C7H5Cl2NO3S. The number of nitrogens with two attached hydrogens (primary N) is 1. The Labute approximate surface area is 90.7 Å². The third-order valence-electron chi connectivity index (χ3n) is 1.48. The average Bonchev–Trinajstić information content (AvgIpc) is 2.01. The van der Waals surface area contributed by atoms with Crippen LogP contribution in [0.25, 0.3) is 0 Å². The van der Waals surface area contributed by atoms with E-state index in [1.54, 1.807) is 0 Å². The Balaban J connectivity index is 3.65. The molecule has 0 amide bonds. The molecule has 0 unspecified atom stereocenters. The van der Waals surface area contributed by atoms with Crippen molar-refractivity contribution in [1.82, 2.24) is 0 Å². The highest BCUT2D eigenvalue weighted by Gasteiger charge is 2.17. The van der Waals surface area contributed by atoms with Crippen molar-refractivity contribution in [2.75, 3.05) is 0 Å². The smallest absolute Gasteiger partial charge is 0.238 e. The minimum absolute atomic E-state index is 0.0449. The van der Waals surface area contributed by atoms with Crippen LogP contribution in [-0.4, -0.2) is 14.7 Å². The minimum Gasteiger partial charge on any atom is -0.298 e. The molecule has 76 valence electrons. The van der Waals surface area contributed by atoms with Crippen LogP contribution < -0.4 is 5.14 Å². The molecule has 2 N–H and O–H groups in total. The second-order valence-electron chi connectivity index (χ2n) is 2.46. The summed E-state index contributed by atoms with van der Waals surface area (Å²) in [7, 11) is -3.99. The summed E-state index contributed by atoms with van der Waals surface area (Å²) in [6.45, 7) is 0. The van der Waals surface area contributed by atoms with Crippen LogP contribution in [0.3, 0.4) is 0 Å². The van der Waals surface area contributed by atoms with E-state index < -0.39 is 10.0 Å². The zero-order chi connectivity index (χ0) is 10.9. The Kier molecular flexibility index (Phi) is 3.16. The normalized spacial score (nSPS) is 11.4. The first-order chi connectivity index (χ1) is 6.36. The number of rotatable bonds is 2. The van der Waals surface area contributed by atoms with Gasteiger partial charge in [0.15, 0.2) is 6.29 Å². The van der Waals surface area contributed by atoms with E-state index in [1.807, 2.05) is 0 Å². The van der Waals surface area contributed by atoms with Gasteiger partial charge in [0, 0.05) is 5.02 Å². The molecule has 1 aromatic carbocycles. The molecule has 1 rings (SSSR count). The summed E-state index contributed by atoms with van der Waals surface area (Å²) in [4.78, 5) is 10.2. The molecule has 0 saturated heterocycles. The SMILES string of the molecule is NS(=O)(=O)c1cc(Cl)cc(Cl)c1C=O. The molecule has 14 heavy (non-hydrogen) atoms. The molecule has 0 aliphatic heterocycles. The van der Waals surface area contributed by atoms with E-state index in [1.165, 1.54) is 6.07 Å². The van der Waals surface area contributed by atoms with Crippen molar-refractivity contribution in [3.63, 3.8) is 0 Å². The molecule has 0 aliphatic rings. The summed E-state index contributed by atoms with van der Waals surface area (Å²) < 4.78 is 22.0. The summed E-state index contributed by atoms with van der Waals surface area (Å²) in [6.07, 6.45) is 0.318. The topological polar surface area (TPSA) is 77.2 Å². The van der Waals surface area contributed by atoms with Crippen LogP contribution in [0.2, 0.25) is 10.0 Å². The predicted octanol–water partition coefficient (Wildman–Crippen LogP) is 1.45. The van der Waals surface area contributed by atoms with Gasteiger partial charge >= 0.3 is 0 Å². The van der Waals surface area contributed by atoms with Crippen molar-refractivity contribution < 1.29 is 13.2 Å². The molecule has 0 aliphatic carbocycles. The number of carbonyl (C=O) groups excluding carboxylic acids is 1. The van der Waals surface area contributed by atoms with E-state index in [2.05, 4.69) is 0 Å². The highest BCUT2D eigenvalue weighted by molar-refractivity contribution is 7.89. The van der Waals surface area contributed by atoms with E-state index in [-0.39, 0.29) is 20.5 Å². The second-order valence-corrected chi connectivity index (χ2v) is 4.84. The molecule has 0 radical (unpaired) electrons. The van der Waals surface area contributed by atoms with Gasteiger partial charge in [-0.25, -0.2) is 13.6 Å². The van der Waals surface area contributed by atoms with Crippen LogP contribution in [0.5, 0.6) is 0 Å². The van der Waals surface area contributed by atoms with Crippen LogP contribution in [0, 0.1) is 0 Å². The number of hydrogen-bond acceptors (Lipinski definition) is 3. The van der Waals surface area contributed by atoms with Crippen LogP contribution in [0.15, 0.2) is 17.0 Å². The second kappa shape index (κ2) is 3.86. The number of benzene rings is 1. The third-order valence-corrected chi connectivity index (χ3v) is 2.96. The summed E-state index contributed by atoms with van der Waals surface area (Å²) in [5.74, 6) is 0. The summed E-state index contributed by atoms with van der Waals surface area (Å²) in [6, 6.07) is 2.34. The van der Waals surface area contributed by atoms with Crippen molar-refractivity contribution in [3.05, 3.63) is 27.7 Å². The Morgan fingerprint density at radius 3 is 2.29 bits per heavy atom. The van der Waals surface area contributed by atoms with E-state index >= 15 is 0 Å². The molecule has 0 atom stereocenters. The van der Waals surface area contributed by atoms with Crippen LogP contribution >= 0.6 is 23.2 Å². The van der Waals surface area contributed by atoms with E-state index in [0.717, 1.165) is 6.07 Å². The number of halogens is 2. The lowest BCUT2D eigenvalue weighted by molar-refractivity contribution is 0.112. The van der Waals surface area contributed by atoms with Crippen molar-refractivity contribution in [1.29, 1.82) is 0 Å². The Morgan fingerprint density at radius 2 is 1.86 bits per heavy atom. The lowest BCUT2D eigenvalue weighted by atomic mass is 10.2. The highest BCUT2D eigenvalue weighted by Crippen LogP contribution is 2.26. The van der Waals surface area contributed by atoms with Crippen LogP contribution in [-0.2, 0) is 10.0 Å². The van der Waals surface area contributed by atoms with Gasteiger partial charge in [0.1, 0.15) is 0 Å². The molecule has 1 aromatic rings. The van der Waals surface area contributed by atoms with Gasteiger partial charge in [0.2, 0.25) is 10.0 Å². The number of aldehydes is 1. The zero-order valence-electron chi connectivity index (χ0n) is 6.70.